The number of ether oxygens (including phenoxy) is 1. The Morgan fingerprint density at radius 2 is 2.08 bits per heavy atom. The highest BCUT2D eigenvalue weighted by Gasteiger charge is 2.13. The van der Waals surface area contributed by atoms with Gasteiger partial charge in [-0.2, -0.15) is 0 Å². The SMILES string of the molecule is Cc1cc(C(=O)OC(N)=O)sc1C. The molecule has 1 aromatic heterocycles. The van der Waals surface area contributed by atoms with Crippen molar-refractivity contribution in [1.82, 2.24) is 0 Å². The van der Waals surface area contributed by atoms with Crippen molar-refractivity contribution in [2.24, 2.45) is 5.73 Å². The number of nitrogens with two attached hydrogens (primary N) is 1. The van der Waals surface area contributed by atoms with Crippen LogP contribution in [-0.4, -0.2) is 12.1 Å². The molecule has 13 heavy (non-hydrogen) atoms. The monoisotopic (exact) mass is 199 g/mol. The van der Waals surface area contributed by atoms with Crippen molar-refractivity contribution in [3.63, 3.8) is 0 Å². The average molecular weight is 199 g/mol. The smallest absolute Gasteiger partial charge is 0.372 e. The number of rotatable bonds is 1. The van der Waals surface area contributed by atoms with Crippen LogP contribution in [-0.2, 0) is 4.74 Å². The Morgan fingerprint density at radius 1 is 1.46 bits per heavy atom. The first kappa shape index (κ1) is 9.73. The first-order valence-electron chi connectivity index (χ1n) is 3.59. The predicted molar refractivity (Wildman–Crippen MR) is 48.8 cm³/mol. The molecule has 0 aromatic carbocycles. The molecule has 0 atom stereocenters. The van der Waals surface area contributed by atoms with Gasteiger partial charge < -0.3 is 10.5 Å². The highest BCUT2D eigenvalue weighted by molar-refractivity contribution is 7.14. The van der Waals surface area contributed by atoms with Gasteiger partial charge in [0, 0.05) is 4.88 Å². The van der Waals surface area contributed by atoms with Crippen molar-refractivity contribution in [2.45, 2.75) is 13.8 Å². The second-order valence-corrected chi connectivity index (χ2v) is 3.81. The number of aryl methyl sites for hydroxylation is 2. The van der Waals surface area contributed by atoms with Gasteiger partial charge in [-0.25, -0.2) is 9.59 Å². The molecule has 0 spiro atoms. The maximum absolute atomic E-state index is 11.1. The molecule has 0 saturated heterocycles. The van der Waals surface area contributed by atoms with Crippen LogP contribution in [0.3, 0.4) is 0 Å². The van der Waals surface area contributed by atoms with Crippen LogP contribution in [0, 0.1) is 13.8 Å². The first-order chi connectivity index (χ1) is 6.00. The molecule has 0 aliphatic rings. The standard InChI is InChI=1S/C8H9NO3S/c1-4-3-6(13-5(4)2)7(10)12-8(9)11/h3H,1-2H3,(H2,9,11). The van der Waals surface area contributed by atoms with E-state index in [2.05, 4.69) is 4.74 Å². The zero-order valence-corrected chi connectivity index (χ0v) is 8.10. The number of amides is 1. The van der Waals surface area contributed by atoms with Crippen molar-refractivity contribution in [1.29, 1.82) is 0 Å². The molecule has 1 rings (SSSR count). The van der Waals surface area contributed by atoms with E-state index in [1.807, 2.05) is 13.8 Å². The summed E-state index contributed by atoms with van der Waals surface area (Å²) in [5, 5.41) is 0. The lowest BCUT2D eigenvalue weighted by Crippen LogP contribution is -2.17. The number of hydrogen-bond acceptors (Lipinski definition) is 4. The third kappa shape index (κ3) is 2.29. The fourth-order valence-electron chi connectivity index (χ4n) is 0.815. The van der Waals surface area contributed by atoms with Gasteiger partial charge in [0.2, 0.25) is 0 Å². The second-order valence-electron chi connectivity index (χ2n) is 2.56. The van der Waals surface area contributed by atoms with Crippen molar-refractivity contribution in [2.75, 3.05) is 0 Å². The summed E-state index contributed by atoms with van der Waals surface area (Å²) >= 11 is 1.28. The molecule has 4 nitrogen and oxygen atoms in total. The fraction of sp³-hybridized carbons (Fsp3) is 0.250. The lowest BCUT2D eigenvalue weighted by Gasteiger charge is -1.93. The average Bonchev–Trinajstić information content (AvgIpc) is 2.31. The Labute approximate surface area is 79.3 Å². The molecule has 2 N–H and O–H groups in total. The topological polar surface area (TPSA) is 69.4 Å². The molecule has 5 heteroatoms. The number of carbonyl (C=O) groups excluding carboxylic acids is 2. The molecule has 0 fully saturated rings. The Balaban J connectivity index is 2.83. The van der Waals surface area contributed by atoms with E-state index in [-0.39, 0.29) is 0 Å². The Bertz CT molecular complexity index is 337. The number of thiophene rings is 1. The quantitative estimate of drug-likeness (QED) is 0.551. The summed E-state index contributed by atoms with van der Waals surface area (Å²) in [7, 11) is 0. The van der Waals surface area contributed by atoms with Crippen LogP contribution in [0.2, 0.25) is 0 Å². The van der Waals surface area contributed by atoms with E-state index in [4.69, 9.17) is 5.73 Å². The maximum Gasteiger partial charge on any atom is 0.412 e. The van der Waals surface area contributed by atoms with Crippen LogP contribution >= 0.6 is 11.3 Å². The normalized spacial score (nSPS) is 9.69. The minimum absolute atomic E-state index is 0.397. The van der Waals surface area contributed by atoms with Crippen LogP contribution in [0.5, 0.6) is 0 Å². The summed E-state index contributed by atoms with van der Waals surface area (Å²) in [5.74, 6) is -0.686. The molecule has 0 aliphatic carbocycles. The van der Waals surface area contributed by atoms with Gasteiger partial charge in [-0.3, -0.25) is 0 Å². The van der Waals surface area contributed by atoms with Gasteiger partial charge in [0.15, 0.2) is 0 Å². The molecule has 0 radical (unpaired) electrons. The number of hydrogen-bond donors (Lipinski definition) is 1. The molecule has 1 heterocycles. The van der Waals surface area contributed by atoms with Crippen molar-refractivity contribution >= 4 is 23.4 Å². The fourth-order valence-corrected chi connectivity index (χ4v) is 1.73. The van der Waals surface area contributed by atoms with Gasteiger partial charge in [-0.1, -0.05) is 0 Å². The summed E-state index contributed by atoms with van der Waals surface area (Å²) < 4.78 is 4.21. The maximum atomic E-state index is 11.1. The summed E-state index contributed by atoms with van der Waals surface area (Å²) in [4.78, 5) is 22.8. The summed E-state index contributed by atoms with van der Waals surface area (Å²) in [5.41, 5.74) is 5.70. The van der Waals surface area contributed by atoms with Crippen LogP contribution in [0.4, 0.5) is 4.79 Å². The highest BCUT2D eigenvalue weighted by atomic mass is 32.1. The van der Waals surface area contributed by atoms with E-state index in [9.17, 15) is 9.59 Å². The van der Waals surface area contributed by atoms with Crippen LogP contribution in [0.25, 0.3) is 0 Å². The van der Waals surface area contributed by atoms with Crippen LogP contribution in [0.1, 0.15) is 20.1 Å². The van der Waals surface area contributed by atoms with Gasteiger partial charge in [0.05, 0.1) is 0 Å². The van der Waals surface area contributed by atoms with Gasteiger partial charge in [0.1, 0.15) is 4.88 Å². The number of esters is 1. The second kappa shape index (κ2) is 3.57. The molecule has 1 amide bonds. The van der Waals surface area contributed by atoms with Gasteiger partial charge >= 0.3 is 12.1 Å². The van der Waals surface area contributed by atoms with E-state index in [1.165, 1.54) is 11.3 Å². The Hall–Kier alpha value is -1.36. The van der Waals surface area contributed by atoms with E-state index in [0.29, 0.717) is 4.88 Å². The Morgan fingerprint density at radius 3 is 2.46 bits per heavy atom. The largest absolute Gasteiger partial charge is 0.412 e. The summed E-state index contributed by atoms with van der Waals surface area (Å²) in [6.45, 7) is 3.77. The minimum atomic E-state index is -1.08. The molecule has 0 aliphatic heterocycles. The number of primary amides is 1. The molecule has 70 valence electrons. The lowest BCUT2D eigenvalue weighted by atomic mass is 10.3. The molecule has 0 bridgehead atoms. The highest BCUT2D eigenvalue weighted by Crippen LogP contribution is 2.21. The Kier molecular flexibility index (Phi) is 2.67. The summed E-state index contributed by atoms with van der Waals surface area (Å²) in [6, 6.07) is 1.67. The van der Waals surface area contributed by atoms with Crippen LogP contribution < -0.4 is 5.73 Å². The van der Waals surface area contributed by atoms with E-state index < -0.39 is 12.1 Å². The summed E-state index contributed by atoms with van der Waals surface area (Å²) in [6.07, 6.45) is -1.08. The van der Waals surface area contributed by atoms with E-state index in [1.54, 1.807) is 6.07 Å². The van der Waals surface area contributed by atoms with Crippen LogP contribution in [0.15, 0.2) is 6.07 Å². The third-order valence-electron chi connectivity index (χ3n) is 1.56. The van der Waals surface area contributed by atoms with Gasteiger partial charge in [-0.15, -0.1) is 11.3 Å². The minimum Gasteiger partial charge on any atom is -0.372 e. The van der Waals surface area contributed by atoms with Crippen molar-refractivity contribution in [3.05, 3.63) is 21.4 Å². The van der Waals surface area contributed by atoms with E-state index >= 15 is 0 Å². The first-order valence-corrected chi connectivity index (χ1v) is 4.41. The lowest BCUT2D eigenvalue weighted by molar-refractivity contribution is 0.0643. The van der Waals surface area contributed by atoms with Gasteiger partial charge in [-0.05, 0) is 25.5 Å². The number of carbonyl (C=O) groups is 2. The van der Waals surface area contributed by atoms with Gasteiger partial charge in [0.25, 0.3) is 0 Å². The van der Waals surface area contributed by atoms with Crippen molar-refractivity contribution < 1.29 is 14.3 Å². The molecular formula is C8H9NO3S. The molecule has 0 saturated carbocycles. The zero-order chi connectivity index (χ0) is 10.0. The molecule has 0 unspecified atom stereocenters. The zero-order valence-electron chi connectivity index (χ0n) is 7.29. The van der Waals surface area contributed by atoms with E-state index in [0.717, 1.165) is 10.4 Å². The predicted octanol–water partition coefficient (Wildman–Crippen LogP) is 1.60. The molecular weight excluding hydrogens is 190 g/mol. The third-order valence-corrected chi connectivity index (χ3v) is 2.69. The molecule has 1 aromatic rings. The van der Waals surface area contributed by atoms with Crippen molar-refractivity contribution in [3.8, 4) is 0 Å².